The Balaban J connectivity index is 1.59. The molecule has 122 valence electrons. The van der Waals surface area contributed by atoms with Gasteiger partial charge in [0.25, 0.3) is 0 Å². The minimum Gasteiger partial charge on any atom is -0.379 e. The summed E-state index contributed by atoms with van der Waals surface area (Å²) in [4.78, 5) is 2.40. The van der Waals surface area contributed by atoms with E-state index < -0.39 is 0 Å². The van der Waals surface area contributed by atoms with Crippen molar-refractivity contribution in [1.82, 2.24) is 15.1 Å². The molecule has 0 saturated carbocycles. The van der Waals surface area contributed by atoms with E-state index in [1.807, 2.05) is 0 Å². The van der Waals surface area contributed by atoms with E-state index in [2.05, 4.69) is 64.6 Å². The predicted octanol–water partition coefficient (Wildman–Crippen LogP) is 2.50. The van der Waals surface area contributed by atoms with Crippen molar-refractivity contribution >= 4 is 5.82 Å². The third-order valence-electron chi connectivity index (χ3n) is 4.16. The fraction of sp³-hybridized carbons (Fsp3) is 0.444. The monoisotopic (exact) mass is 312 g/mol. The molecule has 5 heteroatoms. The molecule has 2 aromatic rings. The van der Waals surface area contributed by atoms with Gasteiger partial charge in [-0.1, -0.05) is 29.8 Å². The van der Waals surface area contributed by atoms with Crippen LogP contribution in [0.25, 0.3) is 11.3 Å². The fourth-order valence-corrected chi connectivity index (χ4v) is 2.68. The number of hydrogen-bond acceptors (Lipinski definition) is 5. The third-order valence-corrected chi connectivity index (χ3v) is 4.16. The van der Waals surface area contributed by atoms with Gasteiger partial charge in [-0.05, 0) is 25.5 Å². The van der Waals surface area contributed by atoms with Crippen molar-refractivity contribution in [3.05, 3.63) is 41.5 Å². The van der Waals surface area contributed by atoms with Crippen LogP contribution in [0.5, 0.6) is 0 Å². The van der Waals surface area contributed by atoms with E-state index in [-0.39, 0.29) is 0 Å². The van der Waals surface area contributed by atoms with Crippen LogP contribution in [0.4, 0.5) is 5.82 Å². The molecule has 1 aliphatic heterocycles. The van der Waals surface area contributed by atoms with Gasteiger partial charge in [-0.3, -0.25) is 4.90 Å². The van der Waals surface area contributed by atoms with Crippen LogP contribution in [-0.4, -0.2) is 54.5 Å². The van der Waals surface area contributed by atoms with E-state index in [1.54, 1.807) is 0 Å². The number of morpholine rings is 1. The molecule has 0 bridgehead atoms. The van der Waals surface area contributed by atoms with E-state index in [0.29, 0.717) is 0 Å². The molecule has 23 heavy (non-hydrogen) atoms. The van der Waals surface area contributed by atoms with Gasteiger partial charge >= 0.3 is 0 Å². The average Bonchev–Trinajstić information content (AvgIpc) is 2.58. The molecule has 1 aromatic heterocycles. The molecule has 1 aromatic carbocycles. The van der Waals surface area contributed by atoms with Crippen molar-refractivity contribution < 1.29 is 4.74 Å². The Morgan fingerprint density at radius 1 is 1.09 bits per heavy atom. The molecule has 0 spiro atoms. The molecule has 3 rings (SSSR count). The molecule has 0 atom stereocenters. The van der Waals surface area contributed by atoms with E-state index in [0.717, 1.165) is 62.0 Å². The molecule has 1 aliphatic rings. The standard InChI is InChI=1S/C18H24N4O/c1-14-3-5-16(6-4-14)17-13-15(2)18(21-20-17)19-7-8-22-9-11-23-12-10-22/h3-6,13H,7-12H2,1-2H3,(H,19,21). The van der Waals surface area contributed by atoms with Crippen LogP contribution in [0.3, 0.4) is 0 Å². The molecule has 1 saturated heterocycles. The zero-order chi connectivity index (χ0) is 16.1. The van der Waals surface area contributed by atoms with Crippen LogP contribution in [-0.2, 0) is 4.74 Å². The highest BCUT2D eigenvalue weighted by Gasteiger charge is 2.10. The van der Waals surface area contributed by atoms with E-state index in [9.17, 15) is 0 Å². The minimum absolute atomic E-state index is 0.837. The summed E-state index contributed by atoms with van der Waals surface area (Å²) in [5.74, 6) is 0.870. The smallest absolute Gasteiger partial charge is 0.151 e. The molecular weight excluding hydrogens is 288 g/mol. The first-order valence-electron chi connectivity index (χ1n) is 8.18. The molecule has 5 nitrogen and oxygen atoms in total. The highest BCUT2D eigenvalue weighted by molar-refractivity contribution is 5.61. The van der Waals surface area contributed by atoms with Gasteiger partial charge in [0.15, 0.2) is 5.82 Å². The summed E-state index contributed by atoms with van der Waals surface area (Å²) < 4.78 is 5.36. The summed E-state index contributed by atoms with van der Waals surface area (Å²) in [7, 11) is 0. The lowest BCUT2D eigenvalue weighted by Gasteiger charge is -2.26. The van der Waals surface area contributed by atoms with Crippen LogP contribution in [0, 0.1) is 13.8 Å². The first kappa shape index (κ1) is 15.9. The van der Waals surface area contributed by atoms with Gasteiger partial charge in [-0.2, -0.15) is 0 Å². The van der Waals surface area contributed by atoms with Crippen molar-refractivity contribution in [3.8, 4) is 11.3 Å². The van der Waals surface area contributed by atoms with Crippen LogP contribution in [0.1, 0.15) is 11.1 Å². The summed E-state index contributed by atoms with van der Waals surface area (Å²) in [6, 6.07) is 10.5. The minimum atomic E-state index is 0.837. The molecule has 0 amide bonds. The number of aryl methyl sites for hydroxylation is 2. The maximum atomic E-state index is 5.36. The van der Waals surface area contributed by atoms with E-state index in [4.69, 9.17) is 4.74 Å². The number of nitrogens with zero attached hydrogens (tertiary/aromatic N) is 3. The summed E-state index contributed by atoms with van der Waals surface area (Å²) in [5, 5.41) is 12.1. The number of anilines is 1. The zero-order valence-electron chi connectivity index (χ0n) is 13.9. The van der Waals surface area contributed by atoms with Crippen LogP contribution in [0.2, 0.25) is 0 Å². The first-order valence-corrected chi connectivity index (χ1v) is 8.18. The Kier molecular flexibility index (Phi) is 5.20. The summed E-state index contributed by atoms with van der Waals surface area (Å²) in [5.41, 5.74) is 4.39. The van der Waals surface area contributed by atoms with Gasteiger partial charge in [0.05, 0.1) is 18.9 Å². The lowest BCUT2D eigenvalue weighted by Crippen LogP contribution is -2.39. The number of rotatable bonds is 5. The fourth-order valence-electron chi connectivity index (χ4n) is 2.68. The lowest BCUT2D eigenvalue weighted by molar-refractivity contribution is 0.0398. The number of ether oxygens (including phenoxy) is 1. The molecular formula is C18H24N4O. The molecule has 1 N–H and O–H groups in total. The Morgan fingerprint density at radius 2 is 1.83 bits per heavy atom. The lowest BCUT2D eigenvalue weighted by atomic mass is 10.1. The van der Waals surface area contributed by atoms with Gasteiger partial charge in [0, 0.05) is 31.7 Å². The molecule has 1 fully saturated rings. The van der Waals surface area contributed by atoms with Gasteiger partial charge < -0.3 is 10.1 Å². The van der Waals surface area contributed by atoms with E-state index in [1.165, 1.54) is 5.56 Å². The van der Waals surface area contributed by atoms with Crippen molar-refractivity contribution in [1.29, 1.82) is 0 Å². The normalized spacial score (nSPS) is 15.6. The Labute approximate surface area is 137 Å². The van der Waals surface area contributed by atoms with Crippen molar-refractivity contribution in [2.24, 2.45) is 0 Å². The first-order chi connectivity index (χ1) is 11.2. The van der Waals surface area contributed by atoms with Crippen molar-refractivity contribution in [3.63, 3.8) is 0 Å². The second kappa shape index (κ2) is 7.53. The Bertz CT molecular complexity index is 636. The van der Waals surface area contributed by atoms with Gasteiger partial charge in [-0.15, -0.1) is 10.2 Å². The zero-order valence-corrected chi connectivity index (χ0v) is 13.9. The number of benzene rings is 1. The number of aromatic nitrogens is 2. The highest BCUT2D eigenvalue weighted by atomic mass is 16.5. The second-order valence-corrected chi connectivity index (χ2v) is 6.01. The quantitative estimate of drug-likeness (QED) is 0.919. The summed E-state index contributed by atoms with van der Waals surface area (Å²) >= 11 is 0. The van der Waals surface area contributed by atoms with Crippen LogP contribution >= 0.6 is 0 Å². The van der Waals surface area contributed by atoms with Gasteiger partial charge in [-0.25, -0.2) is 0 Å². The largest absolute Gasteiger partial charge is 0.379 e. The maximum Gasteiger partial charge on any atom is 0.151 e. The molecule has 2 heterocycles. The SMILES string of the molecule is Cc1ccc(-c2cc(C)c(NCCN3CCOCC3)nn2)cc1. The Hall–Kier alpha value is -1.98. The summed E-state index contributed by atoms with van der Waals surface area (Å²) in [6.07, 6.45) is 0. The number of hydrogen-bond donors (Lipinski definition) is 1. The molecule has 0 aliphatic carbocycles. The van der Waals surface area contributed by atoms with Crippen LogP contribution in [0.15, 0.2) is 30.3 Å². The van der Waals surface area contributed by atoms with Crippen molar-refractivity contribution in [2.75, 3.05) is 44.7 Å². The third kappa shape index (κ3) is 4.27. The average molecular weight is 312 g/mol. The summed E-state index contributed by atoms with van der Waals surface area (Å²) in [6.45, 7) is 9.74. The second-order valence-electron chi connectivity index (χ2n) is 6.01. The van der Waals surface area contributed by atoms with Crippen molar-refractivity contribution in [2.45, 2.75) is 13.8 Å². The topological polar surface area (TPSA) is 50.3 Å². The maximum absolute atomic E-state index is 5.36. The Morgan fingerprint density at radius 3 is 2.52 bits per heavy atom. The highest BCUT2D eigenvalue weighted by Crippen LogP contribution is 2.20. The van der Waals surface area contributed by atoms with Gasteiger partial charge in [0.2, 0.25) is 0 Å². The molecule has 0 radical (unpaired) electrons. The number of nitrogens with one attached hydrogen (secondary N) is 1. The predicted molar refractivity (Wildman–Crippen MR) is 92.7 cm³/mol. The van der Waals surface area contributed by atoms with Gasteiger partial charge in [0.1, 0.15) is 0 Å². The molecule has 0 unspecified atom stereocenters. The van der Waals surface area contributed by atoms with E-state index >= 15 is 0 Å². The van der Waals surface area contributed by atoms with Crippen LogP contribution < -0.4 is 5.32 Å².